The number of ether oxygens (including phenoxy) is 1. The number of likely N-dealkylation sites (N-methyl/N-ethyl adjacent to an activating group) is 1. The lowest BCUT2D eigenvalue weighted by molar-refractivity contribution is -0.143. The second-order valence-electron chi connectivity index (χ2n) is 10.1. The quantitative estimate of drug-likeness (QED) is 0.271. The van der Waals surface area contributed by atoms with Gasteiger partial charge in [-0.25, -0.2) is 0 Å². The molecule has 36 heavy (non-hydrogen) atoms. The molecule has 7 nitrogen and oxygen atoms in total. The standard InChI is InChI=1S/C29H36N2O5/c1-5-15-31-16-14-28(24-7-6-8-26(18-24)36-22(3)32)19-25(11-13-29(28,34)20-31)30(4)27(33)10-9-23-12-17-35-21(23)2/h5-10,12,17-18,25,34H,1,11,13-16,19-20H2,2-4H3/b10-9+/t25-,28+,29+/m1/s1. The highest BCUT2D eigenvalue weighted by Gasteiger charge is 2.58. The number of fused-ring (bicyclic) bond motifs is 1. The predicted octanol–water partition coefficient (Wildman–Crippen LogP) is 4.10. The number of carbonyl (C=O) groups is 2. The number of piperidine rings is 1. The van der Waals surface area contributed by atoms with E-state index >= 15 is 0 Å². The molecule has 7 heteroatoms. The van der Waals surface area contributed by atoms with Gasteiger partial charge in [-0.2, -0.15) is 0 Å². The molecule has 0 spiro atoms. The first kappa shape index (κ1) is 25.9. The van der Waals surface area contributed by atoms with Crippen LogP contribution in [-0.4, -0.2) is 65.1 Å². The maximum atomic E-state index is 13.1. The van der Waals surface area contributed by atoms with Crippen molar-refractivity contribution >= 4 is 18.0 Å². The van der Waals surface area contributed by atoms with Crippen molar-refractivity contribution in [3.05, 3.63) is 72.2 Å². The second-order valence-corrected chi connectivity index (χ2v) is 10.1. The minimum Gasteiger partial charge on any atom is -0.469 e. The van der Waals surface area contributed by atoms with Gasteiger partial charge in [-0.3, -0.25) is 14.5 Å². The molecule has 4 rings (SSSR count). The highest BCUT2D eigenvalue weighted by molar-refractivity contribution is 5.92. The van der Waals surface area contributed by atoms with Crippen molar-refractivity contribution in [1.29, 1.82) is 0 Å². The molecule has 1 amide bonds. The Hall–Kier alpha value is -3.16. The molecule has 3 atom stereocenters. The van der Waals surface area contributed by atoms with E-state index in [1.165, 1.54) is 6.92 Å². The molecule has 2 heterocycles. The average molecular weight is 493 g/mol. The third-order valence-corrected chi connectivity index (χ3v) is 7.94. The van der Waals surface area contributed by atoms with Gasteiger partial charge in [-0.1, -0.05) is 18.2 Å². The van der Waals surface area contributed by atoms with Crippen LogP contribution in [0.1, 0.15) is 49.5 Å². The first-order chi connectivity index (χ1) is 17.2. The molecule has 2 aromatic rings. The van der Waals surface area contributed by atoms with Crippen LogP contribution >= 0.6 is 0 Å². The highest BCUT2D eigenvalue weighted by atomic mass is 16.5. The molecule has 1 saturated heterocycles. The minimum atomic E-state index is -0.979. The summed E-state index contributed by atoms with van der Waals surface area (Å²) < 4.78 is 10.7. The van der Waals surface area contributed by atoms with Crippen molar-refractivity contribution in [3.63, 3.8) is 0 Å². The van der Waals surface area contributed by atoms with Gasteiger partial charge in [0.25, 0.3) is 0 Å². The lowest BCUT2D eigenvalue weighted by Crippen LogP contribution is -2.67. The molecule has 1 aliphatic heterocycles. The molecular weight excluding hydrogens is 456 g/mol. The Bertz CT molecular complexity index is 1150. The molecule has 0 bridgehead atoms. The summed E-state index contributed by atoms with van der Waals surface area (Å²) in [7, 11) is 1.83. The minimum absolute atomic E-state index is 0.0452. The summed E-state index contributed by atoms with van der Waals surface area (Å²) in [5.41, 5.74) is 0.261. The summed E-state index contributed by atoms with van der Waals surface area (Å²) in [4.78, 5) is 28.7. The van der Waals surface area contributed by atoms with Crippen molar-refractivity contribution in [2.75, 3.05) is 26.7 Å². The number of amides is 1. The Morgan fingerprint density at radius 2 is 2.14 bits per heavy atom. The maximum absolute atomic E-state index is 13.1. The zero-order chi connectivity index (χ0) is 25.9. The van der Waals surface area contributed by atoms with Crippen molar-refractivity contribution in [2.24, 2.45) is 0 Å². The number of aliphatic hydroxyl groups is 1. The van der Waals surface area contributed by atoms with Crippen LogP contribution in [0.3, 0.4) is 0 Å². The lowest BCUT2D eigenvalue weighted by Gasteiger charge is -2.59. The lowest BCUT2D eigenvalue weighted by atomic mass is 9.55. The number of nitrogens with zero attached hydrogens (tertiary/aromatic N) is 2. The molecule has 0 radical (unpaired) electrons. The summed E-state index contributed by atoms with van der Waals surface area (Å²) in [6.07, 6.45) is 9.44. The number of furan rings is 1. The third-order valence-electron chi connectivity index (χ3n) is 7.94. The monoisotopic (exact) mass is 492 g/mol. The Balaban J connectivity index is 1.64. The van der Waals surface area contributed by atoms with Crippen LogP contribution < -0.4 is 4.74 Å². The number of likely N-dealkylation sites (tertiary alicyclic amines) is 1. The molecule has 2 fully saturated rings. The Morgan fingerprint density at radius 3 is 2.83 bits per heavy atom. The molecule has 1 N–H and O–H groups in total. The third kappa shape index (κ3) is 5.04. The van der Waals surface area contributed by atoms with E-state index in [9.17, 15) is 14.7 Å². The van der Waals surface area contributed by atoms with E-state index in [4.69, 9.17) is 9.15 Å². The van der Waals surface area contributed by atoms with E-state index in [2.05, 4.69) is 11.5 Å². The number of aryl methyl sites for hydroxylation is 1. The van der Waals surface area contributed by atoms with Crippen LogP contribution in [-0.2, 0) is 15.0 Å². The summed E-state index contributed by atoms with van der Waals surface area (Å²) in [6, 6.07) is 9.30. The fourth-order valence-corrected chi connectivity index (χ4v) is 5.95. The summed E-state index contributed by atoms with van der Waals surface area (Å²) in [5, 5.41) is 12.2. The SMILES string of the molecule is C=CCN1CC[C@@]2(c3cccc(OC(C)=O)c3)C[C@H](N(C)C(=O)/C=C/c3ccoc3C)CC[C@]2(O)C1. The van der Waals surface area contributed by atoms with E-state index in [-0.39, 0.29) is 17.9 Å². The molecule has 0 unspecified atom stereocenters. The van der Waals surface area contributed by atoms with E-state index < -0.39 is 11.0 Å². The van der Waals surface area contributed by atoms with E-state index in [0.717, 1.165) is 29.9 Å². The fraction of sp³-hybridized carbons (Fsp3) is 0.448. The zero-order valence-corrected chi connectivity index (χ0v) is 21.4. The van der Waals surface area contributed by atoms with Crippen LogP contribution in [0.4, 0.5) is 0 Å². The van der Waals surface area contributed by atoms with Gasteiger partial charge in [0.1, 0.15) is 11.5 Å². The molecule has 192 valence electrons. The van der Waals surface area contributed by atoms with E-state index in [1.54, 1.807) is 29.4 Å². The predicted molar refractivity (Wildman–Crippen MR) is 139 cm³/mol. The van der Waals surface area contributed by atoms with Crippen molar-refractivity contribution < 1.29 is 23.8 Å². The molecular formula is C29H36N2O5. The number of rotatable bonds is 7. The van der Waals surface area contributed by atoms with Gasteiger partial charge in [-0.15, -0.1) is 6.58 Å². The van der Waals surface area contributed by atoms with Crippen LogP contribution in [0, 0.1) is 6.92 Å². The van der Waals surface area contributed by atoms with Crippen LogP contribution in [0.2, 0.25) is 0 Å². The molecule has 1 aromatic carbocycles. The number of hydrogen-bond donors (Lipinski definition) is 1. The van der Waals surface area contributed by atoms with Crippen molar-refractivity contribution in [2.45, 2.75) is 56.6 Å². The van der Waals surface area contributed by atoms with Gasteiger partial charge in [0.2, 0.25) is 5.91 Å². The van der Waals surface area contributed by atoms with Crippen LogP contribution in [0.5, 0.6) is 5.75 Å². The summed E-state index contributed by atoms with van der Waals surface area (Å²) in [5.74, 6) is 0.767. The van der Waals surface area contributed by atoms with Crippen LogP contribution in [0.15, 0.2) is 59.7 Å². The van der Waals surface area contributed by atoms with Gasteiger partial charge >= 0.3 is 5.97 Å². The molecule has 1 aliphatic carbocycles. The molecule has 1 saturated carbocycles. The van der Waals surface area contributed by atoms with Crippen LogP contribution in [0.25, 0.3) is 6.08 Å². The van der Waals surface area contributed by atoms with Gasteiger partial charge < -0.3 is 19.2 Å². The number of hydrogen-bond acceptors (Lipinski definition) is 6. The van der Waals surface area contributed by atoms with Gasteiger partial charge in [-0.05, 0) is 69.0 Å². The molecule has 2 aliphatic rings. The first-order valence-corrected chi connectivity index (χ1v) is 12.5. The van der Waals surface area contributed by atoms with Crippen molar-refractivity contribution in [1.82, 2.24) is 9.80 Å². The number of β-amino-alcohol motifs (C(OH)–C–C–N with tert-alkyl or cyclic N) is 1. The topological polar surface area (TPSA) is 83.2 Å². The smallest absolute Gasteiger partial charge is 0.308 e. The Labute approximate surface area is 213 Å². The summed E-state index contributed by atoms with van der Waals surface area (Å²) in [6.45, 7) is 9.15. The highest BCUT2D eigenvalue weighted by Crippen LogP contribution is 2.52. The average Bonchev–Trinajstić information content (AvgIpc) is 3.26. The fourth-order valence-electron chi connectivity index (χ4n) is 5.95. The zero-order valence-electron chi connectivity index (χ0n) is 21.4. The second kappa shape index (κ2) is 10.4. The van der Waals surface area contributed by atoms with Gasteiger partial charge in [0.05, 0.1) is 11.9 Å². The first-order valence-electron chi connectivity index (χ1n) is 12.5. The van der Waals surface area contributed by atoms with Gasteiger partial charge in [0, 0.05) is 50.2 Å². The Morgan fingerprint density at radius 1 is 1.33 bits per heavy atom. The van der Waals surface area contributed by atoms with E-state index in [1.807, 2.05) is 44.3 Å². The normalized spacial score (nSPS) is 26.4. The number of carbonyl (C=O) groups excluding carboxylic acids is 2. The summed E-state index contributed by atoms with van der Waals surface area (Å²) >= 11 is 0. The Kier molecular flexibility index (Phi) is 7.52. The van der Waals surface area contributed by atoms with E-state index in [0.29, 0.717) is 38.1 Å². The van der Waals surface area contributed by atoms with Crippen molar-refractivity contribution in [3.8, 4) is 5.75 Å². The number of esters is 1. The maximum Gasteiger partial charge on any atom is 0.308 e. The van der Waals surface area contributed by atoms with Gasteiger partial charge in [0.15, 0.2) is 0 Å². The largest absolute Gasteiger partial charge is 0.469 e. The number of benzene rings is 1. The molecule has 1 aromatic heterocycles.